The second-order valence-corrected chi connectivity index (χ2v) is 5.47. The van der Waals surface area contributed by atoms with Gasteiger partial charge in [0.2, 0.25) is 0 Å². The predicted molar refractivity (Wildman–Crippen MR) is 72.9 cm³/mol. The number of carbonyl (C=O) groups is 1. The fourth-order valence-corrected chi connectivity index (χ4v) is 2.75. The second kappa shape index (κ2) is 7.11. The van der Waals surface area contributed by atoms with E-state index in [9.17, 15) is 4.79 Å². The first-order valence-corrected chi connectivity index (χ1v) is 6.92. The lowest BCUT2D eigenvalue weighted by molar-refractivity contribution is -0.138. The molecule has 0 fully saturated rings. The maximum Gasteiger partial charge on any atom is 0.320 e. The van der Waals surface area contributed by atoms with Crippen molar-refractivity contribution in [2.24, 2.45) is 5.73 Å². The zero-order valence-corrected chi connectivity index (χ0v) is 11.4. The van der Waals surface area contributed by atoms with Crippen LogP contribution >= 0.6 is 35.0 Å². The number of thioether (sulfide) groups is 1. The van der Waals surface area contributed by atoms with Gasteiger partial charge in [-0.3, -0.25) is 4.79 Å². The van der Waals surface area contributed by atoms with E-state index in [-0.39, 0.29) is 0 Å². The molecule has 0 radical (unpaired) electrons. The van der Waals surface area contributed by atoms with Gasteiger partial charge in [0.05, 0.1) is 0 Å². The molecule has 0 saturated heterocycles. The Morgan fingerprint density at radius 1 is 1.47 bits per heavy atom. The van der Waals surface area contributed by atoms with Crippen molar-refractivity contribution < 1.29 is 9.90 Å². The Morgan fingerprint density at radius 3 is 2.76 bits per heavy atom. The largest absolute Gasteiger partial charge is 0.480 e. The van der Waals surface area contributed by atoms with Crippen LogP contribution in [0.2, 0.25) is 10.0 Å². The van der Waals surface area contributed by atoms with Crippen molar-refractivity contribution in [3.8, 4) is 0 Å². The highest BCUT2D eigenvalue weighted by Gasteiger charge is 2.10. The highest BCUT2D eigenvalue weighted by molar-refractivity contribution is 7.98. The zero-order valence-electron chi connectivity index (χ0n) is 9.03. The Bertz CT molecular complexity index is 401. The molecule has 94 valence electrons. The highest BCUT2D eigenvalue weighted by atomic mass is 35.5. The molecule has 17 heavy (non-hydrogen) atoms. The van der Waals surface area contributed by atoms with Crippen LogP contribution in [0.5, 0.6) is 0 Å². The molecule has 0 spiro atoms. The molecular weight excluding hydrogens is 281 g/mol. The van der Waals surface area contributed by atoms with Crippen LogP contribution in [0.3, 0.4) is 0 Å². The molecule has 1 unspecified atom stereocenters. The predicted octanol–water partition coefficient (Wildman–Crippen LogP) is 3.03. The molecule has 6 heteroatoms. The third-order valence-electron chi connectivity index (χ3n) is 2.16. The number of hydrogen-bond donors (Lipinski definition) is 2. The van der Waals surface area contributed by atoms with E-state index in [0.29, 0.717) is 22.2 Å². The van der Waals surface area contributed by atoms with Crippen LogP contribution in [0.1, 0.15) is 12.0 Å². The lowest BCUT2D eigenvalue weighted by Gasteiger charge is -2.07. The van der Waals surface area contributed by atoms with Crippen LogP contribution in [0.4, 0.5) is 0 Å². The van der Waals surface area contributed by atoms with Gasteiger partial charge in [-0.05, 0) is 29.9 Å². The van der Waals surface area contributed by atoms with E-state index in [1.54, 1.807) is 23.9 Å². The minimum atomic E-state index is -0.963. The van der Waals surface area contributed by atoms with Gasteiger partial charge in [0.1, 0.15) is 6.04 Å². The smallest absolute Gasteiger partial charge is 0.320 e. The Morgan fingerprint density at radius 2 is 2.18 bits per heavy atom. The van der Waals surface area contributed by atoms with E-state index < -0.39 is 12.0 Å². The first-order chi connectivity index (χ1) is 8.00. The fraction of sp³-hybridized carbons (Fsp3) is 0.364. The molecule has 0 bridgehead atoms. The van der Waals surface area contributed by atoms with Crippen LogP contribution < -0.4 is 5.73 Å². The molecule has 1 rings (SSSR count). The molecule has 1 aromatic rings. The van der Waals surface area contributed by atoms with Crippen molar-refractivity contribution >= 4 is 40.9 Å². The summed E-state index contributed by atoms with van der Waals surface area (Å²) < 4.78 is 0. The molecule has 3 nitrogen and oxygen atoms in total. The van der Waals surface area contributed by atoms with Crippen molar-refractivity contribution in [3.05, 3.63) is 33.8 Å². The third kappa shape index (κ3) is 5.17. The summed E-state index contributed by atoms with van der Waals surface area (Å²) in [6, 6.07) is 4.56. The number of halogens is 2. The van der Waals surface area contributed by atoms with Gasteiger partial charge < -0.3 is 10.8 Å². The van der Waals surface area contributed by atoms with Gasteiger partial charge >= 0.3 is 5.97 Å². The molecule has 0 aliphatic heterocycles. The highest BCUT2D eigenvalue weighted by Crippen LogP contribution is 2.24. The first-order valence-electron chi connectivity index (χ1n) is 5.00. The summed E-state index contributed by atoms with van der Waals surface area (Å²) in [7, 11) is 0. The van der Waals surface area contributed by atoms with Crippen LogP contribution in [0.25, 0.3) is 0 Å². The quantitative estimate of drug-likeness (QED) is 0.792. The maximum atomic E-state index is 10.5. The van der Waals surface area contributed by atoms with Gasteiger partial charge in [-0.15, -0.1) is 0 Å². The normalized spacial score (nSPS) is 12.4. The molecule has 0 aromatic heterocycles. The summed E-state index contributed by atoms with van der Waals surface area (Å²) in [6.45, 7) is 0. The van der Waals surface area contributed by atoms with Gasteiger partial charge in [-0.25, -0.2) is 0 Å². The van der Waals surface area contributed by atoms with Crippen LogP contribution in [0, 0.1) is 0 Å². The average molecular weight is 294 g/mol. The molecule has 0 saturated carbocycles. The second-order valence-electron chi connectivity index (χ2n) is 3.52. The summed E-state index contributed by atoms with van der Waals surface area (Å²) in [5.41, 5.74) is 6.38. The van der Waals surface area contributed by atoms with Crippen LogP contribution in [0.15, 0.2) is 18.2 Å². The summed E-state index contributed by atoms with van der Waals surface area (Å²) >= 11 is 13.4. The molecule has 0 heterocycles. The Hall–Kier alpha value is -0.420. The van der Waals surface area contributed by atoms with E-state index in [4.69, 9.17) is 34.0 Å². The Kier molecular flexibility index (Phi) is 6.12. The lowest BCUT2D eigenvalue weighted by atomic mass is 10.2. The van der Waals surface area contributed by atoms with Crippen molar-refractivity contribution in [1.29, 1.82) is 0 Å². The van der Waals surface area contributed by atoms with E-state index in [2.05, 4.69) is 0 Å². The molecule has 0 aliphatic carbocycles. The van der Waals surface area contributed by atoms with E-state index in [1.807, 2.05) is 6.07 Å². The summed E-state index contributed by atoms with van der Waals surface area (Å²) in [5, 5.41) is 9.84. The fourth-order valence-electron chi connectivity index (χ4n) is 1.15. The zero-order chi connectivity index (χ0) is 12.8. The van der Waals surface area contributed by atoms with Crippen LogP contribution in [-0.4, -0.2) is 22.9 Å². The number of aliphatic carboxylic acids is 1. The van der Waals surface area contributed by atoms with Crippen molar-refractivity contribution in [1.82, 2.24) is 0 Å². The molecule has 0 amide bonds. The molecule has 0 aliphatic rings. The monoisotopic (exact) mass is 293 g/mol. The Labute approximate surface area is 114 Å². The number of nitrogens with two attached hydrogens (primary N) is 1. The SMILES string of the molecule is NC(CCSCc1ccc(Cl)cc1Cl)C(=O)O. The Balaban J connectivity index is 2.34. The van der Waals surface area contributed by atoms with Crippen molar-refractivity contribution in [2.75, 3.05) is 5.75 Å². The topological polar surface area (TPSA) is 63.3 Å². The van der Waals surface area contributed by atoms with Gasteiger partial charge in [0.25, 0.3) is 0 Å². The minimum absolute atomic E-state index is 0.450. The van der Waals surface area contributed by atoms with Gasteiger partial charge in [-0.1, -0.05) is 29.3 Å². The van der Waals surface area contributed by atoms with E-state index in [0.717, 1.165) is 11.3 Å². The molecule has 1 aromatic carbocycles. The third-order valence-corrected chi connectivity index (χ3v) is 3.79. The van der Waals surface area contributed by atoms with Gasteiger partial charge in [0, 0.05) is 15.8 Å². The number of hydrogen-bond acceptors (Lipinski definition) is 3. The first kappa shape index (κ1) is 14.6. The standard InChI is InChI=1S/C11H13Cl2NO2S/c12-8-2-1-7(9(13)5-8)6-17-4-3-10(14)11(15)16/h1-2,5,10H,3-4,6,14H2,(H,15,16). The maximum absolute atomic E-state index is 10.5. The molecular formula is C11H13Cl2NO2S. The minimum Gasteiger partial charge on any atom is -0.480 e. The van der Waals surface area contributed by atoms with Crippen molar-refractivity contribution in [2.45, 2.75) is 18.2 Å². The molecule has 1 atom stereocenters. The number of carboxylic acids is 1. The van der Waals surface area contributed by atoms with Crippen LogP contribution in [-0.2, 0) is 10.5 Å². The number of benzene rings is 1. The lowest BCUT2D eigenvalue weighted by Crippen LogP contribution is -2.30. The number of carboxylic acid groups (broad SMARTS) is 1. The van der Waals surface area contributed by atoms with Gasteiger partial charge in [-0.2, -0.15) is 11.8 Å². The summed E-state index contributed by atoms with van der Waals surface area (Å²) in [5.74, 6) is 0.449. The average Bonchev–Trinajstić information content (AvgIpc) is 2.26. The van der Waals surface area contributed by atoms with E-state index in [1.165, 1.54) is 0 Å². The summed E-state index contributed by atoms with van der Waals surface area (Å²) in [4.78, 5) is 10.5. The molecule has 3 N–H and O–H groups in total. The number of rotatable bonds is 6. The summed E-state index contributed by atoms with van der Waals surface area (Å²) in [6.07, 6.45) is 0.450. The van der Waals surface area contributed by atoms with E-state index >= 15 is 0 Å². The van der Waals surface area contributed by atoms with Gasteiger partial charge in [0.15, 0.2) is 0 Å². The van der Waals surface area contributed by atoms with Crippen molar-refractivity contribution in [3.63, 3.8) is 0 Å².